The molecule has 0 N–H and O–H groups in total. The number of ketones is 1. The first-order valence-electron chi connectivity index (χ1n) is 10.1. The minimum atomic E-state index is -0.988. The number of Topliss-reactive ketones (excluding diaryl/α,β-unsaturated/α-hetero) is 1. The van der Waals surface area contributed by atoms with Crippen molar-refractivity contribution in [3.8, 4) is 0 Å². The smallest absolute Gasteiger partial charge is 0.330 e. The summed E-state index contributed by atoms with van der Waals surface area (Å²) >= 11 is 3.31. The largest absolute Gasteiger partial charge is 0.456 e. The van der Waals surface area contributed by atoms with Crippen LogP contribution < -0.4 is 0 Å². The number of nitrogens with zero attached hydrogens (tertiary/aromatic N) is 1. The Morgan fingerprint density at radius 2 is 1.62 bits per heavy atom. The van der Waals surface area contributed by atoms with Gasteiger partial charge in [0.25, 0.3) is 0 Å². The molecule has 2 amide bonds. The lowest BCUT2D eigenvalue weighted by Gasteiger charge is -2.28. The minimum Gasteiger partial charge on any atom is -0.456 e. The number of ether oxygens (including phenoxy) is 1. The van der Waals surface area contributed by atoms with E-state index in [9.17, 15) is 19.2 Å². The molecule has 1 aromatic rings. The quantitative estimate of drug-likeness (QED) is 0.369. The highest BCUT2D eigenvalue weighted by molar-refractivity contribution is 9.10. The van der Waals surface area contributed by atoms with Crippen molar-refractivity contribution in [1.29, 1.82) is 0 Å². The van der Waals surface area contributed by atoms with E-state index in [1.807, 2.05) is 0 Å². The molecule has 3 aliphatic rings. The summed E-state index contributed by atoms with van der Waals surface area (Å²) in [5, 5.41) is 0. The SMILES string of the molecule is CC(C)[C@@H](C(=O)OCC(=O)c1ccc(Br)cc1)N1C(=O)[C@@H]2[C@@H]3CC[C@@H](C3)[C@@H]2C1=O. The standard InChI is InChI=1S/C22H24BrNO5/c1-11(2)19(22(28)29-10-16(25)12-5-7-15(23)8-6-12)24-20(26)17-13-3-4-14(9-13)18(17)21(24)27/h5-8,11,13-14,17-19H,3-4,9-10H2,1-2H3/t13-,14+,17-,18+,19-/m0/s1. The van der Waals surface area contributed by atoms with Gasteiger partial charge in [-0.15, -0.1) is 0 Å². The van der Waals surface area contributed by atoms with E-state index in [4.69, 9.17) is 4.74 Å². The first-order chi connectivity index (χ1) is 13.8. The molecule has 0 unspecified atom stereocenters. The van der Waals surface area contributed by atoms with Crippen LogP contribution in [0.3, 0.4) is 0 Å². The Kier molecular flexibility index (Phi) is 5.36. The molecule has 0 aromatic heterocycles. The van der Waals surface area contributed by atoms with E-state index in [-0.39, 0.29) is 47.2 Å². The lowest BCUT2D eigenvalue weighted by Crippen LogP contribution is -2.50. The van der Waals surface area contributed by atoms with Crippen LogP contribution in [0.4, 0.5) is 0 Å². The van der Waals surface area contributed by atoms with Crippen LogP contribution in [0.2, 0.25) is 0 Å². The molecular formula is C22H24BrNO5. The number of benzene rings is 1. The second-order valence-electron chi connectivity index (χ2n) is 8.66. The number of esters is 1. The molecule has 5 atom stereocenters. The summed E-state index contributed by atoms with van der Waals surface area (Å²) in [6, 6.07) is 5.77. The summed E-state index contributed by atoms with van der Waals surface area (Å²) in [6.07, 6.45) is 2.91. The number of halogens is 1. The summed E-state index contributed by atoms with van der Waals surface area (Å²) < 4.78 is 6.11. The zero-order valence-electron chi connectivity index (χ0n) is 16.5. The van der Waals surface area contributed by atoms with Crippen LogP contribution in [0.15, 0.2) is 28.7 Å². The summed E-state index contributed by atoms with van der Waals surface area (Å²) in [5.41, 5.74) is 0.432. The Hall–Kier alpha value is -2.02. The van der Waals surface area contributed by atoms with Gasteiger partial charge in [-0.3, -0.25) is 19.3 Å². The molecule has 1 aliphatic heterocycles. The average molecular weight is 462 g/mol. The molecule has 2 saturated carbocycles. The maximum absolute atomic E-state index is 13.1. The van der Waals surface area contributed by atoms with Crippen LogP contribution in [0.5, 0.6) is 0 Å². The molecule has 3 fully saturated rings. The fourth-order valence-corrected chi connectivity index (χ4v) is 5.59. The van der Waals surface area contributed by atoms with Crippen molar-refractivity contribution in [2.75, 3.05) is 6.61 Å². The molecule has 29 heavy (non-hydrogen) atoms. The summed E-state index contributed by atoms with van der Waals surface area (Å²) in [6.45, 7) is 3.15. The van der Waals surface area contributed by atoms with Gasteiger partial charge in [-0.1, -0.05) is 41.9 Å². The average Bonchev–Trinajstić information content (AvgIpc) is 3.36. The van der Waals surface area contributed by atoms with Gasteiger partial charge >= 0.3 is 5.97 Å². The number of likely N-dealkylation sites (tertiary alicyclic amines) is 1. The maximum atomic E-state index is 13.1. The Morgan fingerprint density at radius 3 is 2.14 bits per heavy atom. The van der Waals surface area contributed by atoms with Gasteiger partial charge < -0.3 is 4.74 Å². The number of imide groups is 1. The number of carbonyl (C=O) groups excluding carboxylic acids is 4. The normalized spacial score (nSPS) is 28.8. The Labute approximate surface area is 178 Å². The monoisotopic (exact) mass is 461 g/mol. The molecule has 1 saturated heterocycles. The Balaban J connectivity index is 1.47. The zero-order valence-corrected chi connectivity index (χ0v) is 18.1. The van der Waals surface area contributed by atoms with Gasteiger partial charge in [0.2, 0.25) is 11.8 Å². The van der Waals surface area contributed by atoms with Gasteiger partial charge in [0, 0.05) is 10.0 Å². The molecule has 0 radical (unpaired) electrons. The molecule has 2 aliphatic carbocycles. The minimum absolute atomic E-state index is 0.234. The van der Waals surface area contributed by atoms with E-state index in [0.717, 1.165) is 28.6 Å². The van der Waals surface area contributed by atoms with Gasteiger partial charge in [0.15, 0.2) is 12.4 Å². The number of rotatable bonds is 6. The third kappa shape index (κ3) is 3.43. The summed E-state index contributed by atoms with van der Waals surface area (Å²) in [5.74, 6) is -1.83. The first kappa shape index (κ1) is 20.3. The number of hydrogen-bond acceptors (Lipinski definition) is 5. The topological polar surface area (TPSA) is 80.8 Å². The van der Waals surface area contributed by atoms with Gasteiger partial charge in [0.05, 0.1) is 11.8 Å². The molecule has 1 heterocycles. The number of fused-ring (bicyclic) bond motifs is 5. The van der Waals surface area contributed by atoms with Crippen molar-refractivity contribution in [3.63, 3.8) is 0 Å². The van der Waals surface area contributed by atoms with Crippen molar-refractivity contribution < 1.29 is 23.9 Å². The zero-order chi connectivity index (χ0) is 20.9. The second kappa shape index (κ2) is 7.67. The molecule has 6 nitrogen and oxygen atoms in total. The maximum Gasteiger partial charge on any atom is 0.330 e. The van der Waals surface area contributed by atoms with Crippen molar-refractivity contribution >= 4 is 39.5 Å². The first-order valence-corrected chi connectivity index (χ1v) is 10.9. The van der Waals surface area contributed by atoms with Gasteiger partial charge in [-0.2, -0.15) is 0 Å². The fourth-order valence-electron chi connectivity index (χ4n) is 5.32. The van der Waals surface area contributed by atoms with Crippen molar-refractivity contribution in [1.82, 2.24) is 4.90 Å². The fraction of sp³-hybridized carbons (Fsp3) is 0.545. The highest BCUT2D eigenvalue weighted by Gasteiger charge is 2.62. The van der Waals surface area contributed by atoms with Crippen molar-refractivity contribution in [3.05, 3.63) is 34.3 Å². The van der Waals surface area contributed by atoms with E-state index in [2.05, 4.69) is 15.9 Å². The molecular weight excluding hydrogens is 438 g/mol. The highest BCUT2D eigenvalue weighted by atomic mass is 79.9. The third-order valence-corrected chi connectivity index (χ3v) is 7.15. The predicted molar refractivity (Wildman–Crippen MR) is 108 cm³/mol. The molecule has 4 rings (SSSR count). The summed E-state index contributed by atoms with van der Waals surface area (Å²) in [4.78, 5) is 52.4. The van der Waals surface area contributed by atoms with Crippen LogP contribution in [0, 0.1) is 29.6 Å². The van der Waals surface area contributed by atoms with E-state index in [1.54, 1.807) is 38.1 Å². The van der Waals surface area contributed by atoms with Crippen LogP contribution in [-0.4, -0.2) is 41.1 Å². The highest BCUT2D eigenvalue weighted by Crippen LogP contribution is 2.56. The van der Waals surface area contributed by atoms with Crippen molar-refractivity contribution in [2.24, 2.45) is 29.6 Å². The Morgan fingerprint density at radius 1 is 1.07 bits per heavy atom. The van der Waals surface area contributed by atoms with Crippen LogP contribution in [0.1, 0.15) is 43.5 Å². The van der Waals surface area contributed by atoms with E-state index in [0.29, 0.717) is 5.56 Å². The molecule has 2 bridgehead atoms. The van der Waals surface area contributed by atoms with Gasteiger partial charge in [0.1, 0.15) is 6.04 Å². The lowest BCUT2D eigenvalue weighted by atomic mass is 9.81. The molecule has 1 aromatic carbocycles. The number of carbonyl (C=O) groups is 4. The van der Waals surface area contributed by atoms with Crippen LogP contribution in [-0.2, 0) is 19.1 Å². The predicted octanol–water partition coefficient (Wildman–Crippen LogP) is 3.23. The molecule has 154 valence electrons. The Bertz CT molecular complexity index is 836. The van der Waals surface area contributed by atoms with Crippen LogP contribution >= 0.6 is 15.9 Å². The van der Waals surface area contributed by atoms with Gasteiger partial charge in [-0.05, 0) is 49.1 Å². The van der Waals surface area contributed by atoms with Crippen molar-refractivity contribution in [2.45, 2.75) is 39.2 Å². The van der Waals surface area contributed by atoms with E-state index < -0.39 is 18.6 Å². The van der Waals surface area contributed by atoms with E-state index in [1.165, 1.54) is 0 Å². The number of hydrogen-bond donors (Lipinski definition) is 0. The third-order valence-electron chi connectivity index (χ3n) is 6.62. The van der Waals surface area contributed by atoms with E-state index >= 15 is 0 Å². The summed E-state index contributed by atoms with van der Waals surface area (Å²) in [7, 11) is 0. The van der Waals surface area contributed by atoms with Gasteiger partial charge in [-0.25, -0.2) is 4.79 Å². The lowest BCUT2D eigenvalue weighted by molar-refractivity contribution is -0.160. The molecule has 0 spiro atoms. The molecule has 7 heteroatoms. The second-order valence-corrected chi connectivity index (χ2v) is 9.57. The van der Waals surface area contributed by atoms with Crippen LogP contribution in [0.25, 0.3) is 0 Å². The number of amides is 2.